The molecule has 170 valence electrons. The van der Waals surface area contributed by atoms with Crippen LogP contribution < -0.4 is 19.9 Å². The fourth-order valence-electron chi connectivity index (χ4n) is 4.50. The molecular weight excluding hydrogens is 404 g/mol. The Bertz CT molecular complexity index is 912. The van der Waals surface area contributed by atoms with Crippen molar-refractivity contribution >= 4 is 23.2 Å². The minimum absolute atomic E-state index is 0.0362. The number of ether oxygens (including phenoxy) is 1. The lowest BCUT2D eigenvalue weighted by Gasteiger charge is -2.36. The van der Waals surface area contributed by atoms with Crippen molar-refractivity contribution in [2.75, 3.05) is 62.7 Å². The van der Waals surface area contributed by atoms with E-state index in [0.717, 1.165) is 44.8 Å². The number of benzene rings is 2. The highest BCUT2D eigenvalue weighted by atomic mass is 16.5. The van der Waals surface area contributed by atoms with Gasteiger partial charge in [0.1, 0.15) is 5.75 Å². The van der Waals surface area contributed by atoms with Crippen molar-refractivity contribution in [1.29, 1.82) is 0 Å². The molecule has 0 aromatic heterocycles. The third-order valence-corrected chi connectivity index (χ3v) is 6.32. The molecule has 0 bridgehead atoms. The molecule has 7 nitrogen and oxygen atoms in total. The van der Waals surface area contributed by atoms with Gasteiger partial charge in [0.05, 0.1) is 18.7 Å². The van der Waals surface area contributed by atoms with Gasteiger partial charge in [-0.15, -0.1) is 0 Å². The summed E-state index contributed by atoms with van der Waals surface area (Å²) in [5, 5.41) is 3.03. The predicted molar refractivity (Wildman–Crippen MR) is 126 cm³/mol. The normalized spacial score (nSPS) is 19.3. The van der Waals surface area contributed by atoms with Crippen LogP contribution in [0.5, 0.6) is 5.75 Å². The zero-order chi connectivity index (χ0) is 22.3. The second-order valence-electron chi connectivity index (χ2n) is 8.39. The number of nitrogens with zero attached hydrogens (tertiary/aromatic N) is 3. The summed E-state index contributed by atoms with van der Waals surface area (Å²) in [4.78, 5) is 31.7. The van der Waals surface area contributed by atoms with E-state index in [9.17, 15) is 9.59 Å². The monoisotopic (exact) mass is 436 g/mol. The summed E-state index contributed by atoms with van der Waals surface area (Å²) in [6, 6.07) is 18.0. The molecule has 2 fully saturated rings. The van der Waals surface area contributed by atoms with Crippen LogP contribution in [-0.2, 0) is 9.59 Å². The highest BCUT2D eigenvalue weighted by molar-refractivity contribution is 6.01. The Kier molecular flexibility index (Phi) is 7.27. The Labute approximate surface area is 189 Å². The van der Waals surface area contributed by atoms with Crippen molar-refractivity contribution in [2.45, 2.75) is 12.8 Å². The van der Waals surface area contributed by atoms with Gasteiger partial charge in [-0.2, -0.15) is 0 Å². The molecule has 2 aliphatic rings. The van der Waals surface area contributed by atoms with Crippen molar-refractivity contribution < 1.29 is 14.3 Å². The molecule has 2 heterocycles. The summed E-state index contributed by atoms with van der Waals surface area (Å²) < 4.78 is 5.37. The van der Waals surface area contributed by atoms with Crippen LogP contribution in [0.25, 0.3) is 0 Å². The van der Waals surface area contributed by atoms with Gasteiger partial charge in [-0.1, -0.05) is 30.3 Å². The number of carbonyl (C=O) groups is 2. The minimum atomic E-state index is -0.318. The first-order valence-corrected chi connectivity index (χ1v) is 11.4. The smallest absolute Gasteiger partial charge is 0.227 e. The van der Waals surface area contributed by atoms with Crippen molar-refractivity contribution in [1.82, 2.24) is 10.2 Å². The van der Waals surface area contributed by atoms with Crippen LogP contribution in [0.2, 0.25) is 0 Å². The van der Waals surface area contributed by atoms with Gasteiger partial charge in [0, 0.05) is 51.4 Å². The Morgan fingerprint density at radius 3 is 2.50 bits per heavy atom. The molecule has 0 aliphatic carbocycles. The molecule has 1 atom stereocenters. The van der Waals surface area contributed by atoms with Gasteiger partial charge < -0.3 is 19.9 Å². The Hall–Kier alpha value is -3.06. The van der Waals surface area contributed by atoms with E-state index < -0.39 is 0 Å². The lowest BCUT2D eigenvalue weighted by molar-refractivity contribution is -0.126. The van der Waals surface area contributed by atoms with Crippen LogP contribution in [-0.4, -0.2) is 69.6 Å². The van der Waals surface area contributed by atoms with Gasteiger partial charge in [-0.05, 0) is 37.2 Å². The van der Waals surface area contributed by atoms with E-state index in [4.69, 9.17) is 4.74 Å². The maximum atomic E-state index is 12.6. The van der Waals surface area contributed by atoms with E-state index in [0.29, 0.717) is 18.8 Å². The van der Waals surface area contributed by atoms with Gasteiger partial charge in [-0.25, -0.2) is 0 Å². The number of piperazine rings is 1. The SMILES string of the molecule is COc1ccccc1N1C[C@@H](C(=O)NCCCN2CCN(c3ccccc3)CC2)CC1=O. The average Bonchev–Trinajstić information content (AvgIpc) is 3.24. The third-order valence-electron chi connectivity index (χ3n) is 6.32. The maximum absolute atomic E-state index is 12.6. The number of methoxy groups -OCH3 is 1. The lowest BCUT2D eigenvalue weighted by Crippen LogP contribution is -2.47. The van der Waals surface area contributed by atoms with E-state index >= 15 is 0 Å². The summed E-state index contributed by atoms with van der Waals surface area (Å²) in [5.74, 6) is 0.256. The Morgan fingerprint density at radius 1 is 1.03 bits per heavy atom. The number of rotatable bonds is 8. The van der Waals surface area contributed by atoms with Gasteiger partial charge in [0.25, 0.3) is 0 Å². The molecule has 2 aliphatic heterocycles. The predicted octanol–water partition coefficient (Wildman–Crippen LogP) is 2.38. The molecular formula is C25H32N4O3. The third kappa shape index (κ3) is 5.22. The van der Waals surface area contributed by atoms with Crippen molar-refractivity contribution in [3.05, 3.63) is 54.6 Å². The highest BCUT2D eigenvalue weighted by Gasteiger charge is 2.36. The topological polar surface area (TPSA) is 65.1 Å². The number of hydrogen-bond donors (Lipinski definition) is 1. The fraction of sp³-hybridized carbons (Fsp3) is 0.440. The first kappa shape index (κ1) is 22.1. The van der Waals surface area contributed by atoms with Crippen LogP contribution in [0, 0.1) is 5.92 Å². The molecule has 0 unspecified atom stereocenters. The Morgan fingerprint density at radius 2 is 1.75 bits per heavy atom. The maximum Gasteiger partial charge on any atom is 0.227 e. The van der Waals surface area contributed by atoms with Crippen molar-refractivity contribution in [3.8, 4) is 5.75 Å². The summed E-state index contributed by atoms with van der Waals surface area (Å²) in [5.41, 5.74) is 2.01. The molecule has 4 rings (SSSR count). The summed E-state index contributed by atoms with van der Waals surface area (Å²) in [6.07, 6.45) is 1.15. The van der Waals surface area contributed by atoms with Crippen LogP contribution in [0.3, 0.4) is 0 Å². The minimum Gasteiger partial charge on any atom is -0.495 e. The molecule has 7 heteroatoms. The average molecular weight is 437 g/mol. The molecule has 2 saturated heterocycles. The van der Waals surface area contributed by atoms with E-state index in [1.54, 1.807) is 12.0 Å². The molecule has 32 heavy (non-hydrogen) atoms. The summed E-state index contributed by atoms with van der Waals surface area (Å²) in [7, 11) is 1.59. The number of nitrogens with one attached hydrogen (secondary N) is 1. The summed E-state index contributed by atoms with van der Waals surface area (Å²) >= 11 is 0. The van der Waals surface area contributed by atoms with Crippen LogP contribution in [0.15, 0.2) is 54.6 Å². The lowest BCUT2D eigenvalue weighted by atomic mass is 10.1. The number of hydrogen-bond acceptors (Lipinski definition) is 5. The quantitative estimate of drug-likeness (QED) is 0.644. The van der Waals surface area contributed by atoms with E-state index in [2.05, 4.69) is 39.4 Å². The Balaban J connectivity index is 1.17. The van der Waals surface area contributed by atoms with Crippen LogP contribution in [0.4, 0.5) is 11.4 Å². The molecule has 2 aromatic carbocycles. The van der Waals surface area contributed by atoms with Crippen molar-refractivity contribution in [2.24, 2.45) is 5.92 Å². The van der Waals surface area contributed by atoms with E-state index in [-0.39, 0.29) is 24.2 Å². The van der Waals surface area contributed by atoms with Crippen molar-refractivity contribution in [3.63, 3.8) is 0 Å². The van der Waals surface area contributed by atoms with E-state index in [1.165, 1.54) is 5.69 Å². The number of amides is 2. The molecule has 0 saturated carbocycles. The number of para-hydroxylation sites is 3. The standard InChI is InChI=1S/C25H32N4O3/c1-32-23-11-6-5-10-22(23)29-19-20(18-24(29)30)25(31)26-12-7-13-27-14-16-28(17-15-27)21-8-3-2-4-9-21/h2-6,8-11,20H,7,12-19H2,1H3,(H,26,31)/t20-/m0/s1. The highest BCUT2D eigenvalue weighted by Crippen LogP contribution is 2.32. The molecule has 2 aromatic rings. The summed E-state index contributed by atoms with van der Waals surface area (Å²) in [6.45, 7) is 6.13. The van der Waals surface area contributed by atoms with Gasteiger partial charge in [0.15, 0.2) is 0 Å². The van der Waals surface area contributed by atoms with Gasteiger partial charge in [-0.3, -0.25) is 14.5 Å². The molecule has 0 spiro atoms. The first-order valence-electron chi connectivity index (χ1n) is 11.4. The van der Waals surface area contributed by atoms with Crippen LogP contribution in [0.1, 0.15) is 12.8 Å². The largest absolute Gasteiger partial charge is 0.495 e. The van der Waals surface area contributed by atoms with Gasteiger partial charge >= 0.3 is 0 Å². The molecule has 0 radical (unpaired) electrons. The molecule has 2 amide bonds. The zero-order valence-electron chi connectivity index (χ0n) is 18.7. The second kappa shape index (κ2) is 10.5. The zero-order valence-corrected chi connectivity index (χ0v) is 18.7. The first-order chi connectivity index (χ1) is 15.7. The number of carbonyl (C=O) groups excluding carboxylic acids is 2. The second-order valence-corrected chi connectivity index (χ2v) is 8.39. The fourth-order valence-corrected chi connectivity index (χ4v) is 4.50. The van der Waals surface area contributed by atoms with Crippen LogP contribution >= 0.6 is 0 Å². The molecule has 1 N–H and O–H groups in total. The van der Waals surface area contributed by atoms with Gasteiger partial charge in [0.2, 0.25) is 11.8 Å². The number of anilines is 2. The van der Waals surface area contributed by atoms with E-state index in [1.807, 2.05) is 30.3 Å².